The van der Waals surface area contributed by atoms with E-state index in [0.717, 1.165) is 25.7 Å². The van der Waals surface area contributed by atoms with Crippen molar-refractivity contribution in [1.29, 1.82) is 0 Å². The third-order valence-electron chi connectivity index (χ3n) is 5.54. The van der Waals surface area contributed by atoms with Gasteiger partial charge in [0.15, 0.2) is 8.32 Å². The summed E-state index contributed by atoms with van der Waals surface area (Å²) in [5, 5.41) is 24.0. The van der Waals surface area contributed by atoms with Crippen LogP contribution in [0.5, 0.6) is 0 Å². The Balaban J connectivity index is 1.97. The summed E-state index contributed by atoms with van der Waals surface area (Å²) in [6, 6.07) is 0.120. The molecule has 5 nitrogen and oxygen atoms in total. The van der Waals surface area contributed by atoms with Gasteiger partial charge >= 0.3 is 7.25 Å². The fraction of sp³-hybridized carbons (Fsp3) is 0.800. The quantitative estimate of drug-likeness (QED) is 0.781. The van der Waals surface area contributed by atoms with Gasteiger partial charge in [-0.2, -0.15) is 4.50 Å². The second-order valence-electron chi connectivity index (χ2n) is 8.05. The Bertz CT molecular complexity index is 440. The number of nitrogens with zero attached hydrogens (tertiary/aromatic N) is 2. The van der Waals surface area contributed by atoms with E-state index in [1.165, 1.54) is 0 Å². The number of allylic oxidation sites excluding steroid dienone is 1. The molecule has 1 aliphatic heterocycles. The Hall–Kier alpha value is -0.468. The maximum atomic E-state index is 9.75. The van der Waals surface area contributed by atoms with E-state index in [2.05, 4.69) is 39.0 Å². The van der Waals surface area contributed by atoms with Crippen LogP contribution in [-0.4, -0.2) is 48.5 Å². The molecule has 0 aromatic carbocycles. The van der Waals surface area contributed by atoms with Crippen molar-refractivity contribution in [3.63, 3.8) is 0 Å². The van der Waals surface area contributed by atoms with Gasteiger partial charge < -0.3 is 14.5 Å². The minimum absolute atomic E-state index is 0.0905. The van der Waals surface area contributed by atoms with Crippen molar-refractivity contribution in [2.24, 2.45) is 5.10 Å². The molecular weight excluding hydrogens is 295 g/mol. The molecule has 2 N–H and O–H groups in total. The van der Waals surface area contributed by atoms with Crippen LogP contribution >= 0.6 is 0 Å². The molecule has 1 saturated carbocycles. The van der Waals surface area contributed by atoms with Gasteiger partial charge in [-0.05, 0) is 31.0 Å². The lowest BCUT2D eigenvalue weighted by Crippen LogP contribution is -2.58. The smallest absolute Gasteiger partial charge is 0.414 e. The lowest BCUT2D eigenvalue weighted by atomic mass is 9.87. The molecule has 7 heteroatoms. The molecule has 124 valence electrons. The first-order valence-electron chi connectivity index (χ1n) is 8.24. The van der Waals surface area contributed by atoms with Crippen molar-refractivity contribution >= 4 is 21.8 Å². The first kappa shape index (κ1) is 17.9. The Labute approximate surface area is 135 Å². The molecule has 1 atom stereocenters. The molecule has 2 rings (SSSR count). The van der Waals surface area contributed by atoms with Crippen molar-refractivity contribution in [3.05, 3.63) is 12.3 Å². The van der Waals surface area contributed by atoms with Crippen LogP contribution in [0.1, 0.15) is 46.5 Å². The van der Waals surface area contributed by atoms with Gasteiger partial charge in [-0.1, -0.05) is 20.8 Å². The van der Waals surface area contributed by atoms with E-state index in [1.54, 1.807) is 18.5 Å². The highest BCUT2D eigenvalue weighted by Gasteiger charge is 2.51. The molecule has 0 amide bonds. The van der Waals surface area contributed by atoms with Crippen LogP contribution in [0.3, 0.4) is 0 Å². The molecule has 2 aliphatic rings. The molecule has 1 fully saturated rings. The van der Waals surface area contributed by atoms with E-state index >= 15 is 0 Å². The molecule has 0 aromatic rings. The number of quaternary nitrogens is 1. The highest BCUT2D eigenvalue weighted by Crippen LogP contribution is 2.40. The van der Waals surface area contributed by atoms with Gasteiger partial charge in [0.1, 0.15) is 12.2 Å². The first-order valence-corrected chi connectivity index (χ1v) is 11.1. The zero-order chi connectivity index (χ0) is 16.6. The fourth-order valence-corrected chi connectivity index (χ4v) is 4.50. The van der Waals surface area contributed by atoms with Gasteiger partial charge in [0, 0.05) is 25.0 Å². The monoisotopic (exact) mass is 325 g/mol. The summed E-state index contributed by atoms with van der Waals surface area (Å²) in [6.45, 7) is 11.4. The van der Waals surface area contributed by atoms with E-state index in [1.807, 2.05) is 0 Å². The highest BCUT2D eigenvalue weighted by atomic mass is 28.4. The number of rotatable bonds is 4. The third-order valence-corrected chi connectivity index (χ3v) is 10.1. The molecule has 22 heavy (non-hydrogen) atoms. The van der Waals surface area contributed by atoms with Crippen LogP contribution < -0.4 is 0 Å². The molecule has 0 aromatic heterocycles. The Kier molecular flexibility index (Phi) is 5.04. The summed E-state index contributed by atoms with van der Waals surface area (Å²) >= 11 is 0. The third kappa shape index (κ3) is 3.38. The van der Waals surface area contributed by atoms with Crippen molar-refractivity contribution in [1.82, 2.24) is 0 Å². The Morgan fingerprint density at radius 1 is 1.18 bits per heavy atom. The lowest BCUT2D eigenvalue weighted by molar-refractivity contribution is -0.823. The van der Waals surface area contributed by atoms with E-state index in [9.17, 15) is 10.0 Å². The van der Waals surface area contributed by atoms with Crippen molar-refractivity contribution in [2.75, 3.05) is 0 Å². The average Bonchev–Trinajstić information content (AvgIpc) is 2.88. The van der Waals surface area contributed by atoms with Crippen molar-refractivity contribution in [3.8, 4) is 0 Å². The highest BCUT2D eigenvalue weighted by molar-refractivity contribution is 6.74. The first-order chi connectivity index (χ1) is 10.1. The van der Waals surface area contributed by atoms with Crippen LogP contribution in [-0.2, 0) is 4.43 Å². The second kappa shape index (κ2) is 6.20. The van der Waals surface area contributed by atoms with Crippen molar-refractivity contribution in [2.45, 2.75) is 76.7 Å². The van der Waals surface area contributed by atoms with Gasteiger partial charge in [0.2, 0.25) is 0 Å². The zero-order valence-electron chi connectivity index (χ0n) is 14.5. The summed E-state index contributed by atoms with van der Waals surface area (Å²) in [7, 11) is -3.22. The maximum absolute atomic E-state index is 9.75. The predicted octanol–water partition coefficient (Wildman–Crippen LogP) is 2.62. The molecule has 0 saturated heterocycles. The van der Waals surface area contributed by atoms with Crippen LogP contribution in [0.25, 0.3) is 0 Å². The van der Waals surface area contributed by atoms with E-state index in [4.69, 9.17) is 4.43 Å². The predicted molar refractivity (Wildman–Crippen MR) is 92.4 cm³/mol. The standard InChI is InChI=1S/C15H30BN2O3Si/c1-15(2,3)22(4,5)21-14-9-7-13(8-10-14)18(16(19)20)12-6-11-17-18/h6,11-14,19-20H,7-10H2,1-5H3/q+1. The summed E-state index contributed by atoms with van der Waals surface area (Å²) < 4.78 is 6.41. The maximum Gasteiger partial charge on any atom is 0.787 e. The summed E-state index contributed by atoms with van der Waals surface area (Å²) in [6.07, 6.45) is 9.25. The minimum atomic E-state index is -1.73. The number of hydrogen-bond donors (Lipinski definition) is 2. The molecule has 1 heterocycles. The summed E-state index contributed by atoms with van der Waals surface area (Å²) in [4.78, 5) is 0. The summed E-state index contributed by atoms with van der Waals surface area (Å²) in [5.41, 5.74) is 0. The lowest BCUT2D eigenvalue weighted by Gasteiger charge is -2.43. The van der Waals surface area contributed by atoms with Gasteiger partial charge in [-0.3, -0.25) is 0 Å². The Morgan fingerprint density at radius 3 is 2.18 bits per heavy atom. The normalized spacial score (nSPS) is 32.5. The van der Waals surface area contributed by atoms with Gasteiger partial charge in [0.25, 0.3) is 0 Å². The molecule has 0 spiro atoms. The van der Waals surface area contributed by atoms with E-state index in [0.29, 0.717) is 6.10 Å². The molecule has 1 aliphatic carbocycles. The van der Waals surface area contributed by atoms with Crippen LogP contribution in [0.15, 0.2) is 17.4 Å². The molecular formula is C15H30BN2O3Si+. The fourth-order valence-electron chi connectivity index (χ4n) is 3.08. The van der Waals surface area contributed by atoms with Gasteiger partial charge in [-0.15, -0.1) is 5.10 Å². The van der Waals surface area contributed by atoms with Crippen LogP contribution in [0.4, 0.5) is 0 Å². The average molecular weight is 325 g/mol. The van der Waals surface area contributed by atoms with Crippen molar-refractivity contribution < 1.29 is 19.0 Å². The molecule has 0 bridgehead atoms. The molecule has 0 radical (unpaired) electrons. The topological polar surface area (TPSA) is 62.0 Å². The van der Waals surface area contributed by atoms with Gasteiger partial charge in [-0.25, -0.2) is 0 Å². The van der Waals surface area contributed by atoms with Crippen LogP contribution in [0, 0.1) is 0 Å². The number of hydrogen-bond acceptors (Lipinski definition) is 4. The SMILES string of the molecule is CC(C)(C)[Si](C)(C)OC1CCC([N+]2(B(O)O)C=CC=N2)CC1. The van der Waals surface area contributed by atoms with Gasteiger partial charge in [0.05, 0.1) is 6.21 Å². The Morgan fingerprint density at radius 2 is 1.77 bits per heavy atom. The molecule has 1 unspecified atom stereocenters. The van der Waals surface area contributed by atoms with E-state index < -0.39 is 15.6 Å². The van der Waals surface area contributed by atoms with E-state index in [-0.39, 0.29) is 15.6 Å². The summed E-state index contributed by atoms with van der Waals surface area (Å²) in [5.74, 6) is 0. The van der Waals surface area contributed by atoms with Crippen LogP contribution in [0.2, 0.25) is 18.1 Å². The zero-order valence-corrected chi connectivity index (χ0v) is 15.5. The minimum Gasteiger partial charge on any atom is -0.414 e. The second-order valence-corrected chi connectivity index (χ2v) is 12.8. The largest absolute Gasteiger partial charge is 0.787 e.